The molecule has 0 bridgehead atoms. The van der Waals surface area contributed by atoms with Crippen LogP contribution in [-0.2, 0) is 6.61 Å². The highest BCUT2D eigenvalue weighted by molar-refractivity contribution is 7.09. The predicted octanol–water partition coefficient (Wildman–Crippen LogP) is 3.87. The Labute approximate surface area is 135 Å². The van der Waals surface area contributed by atoms with Gasteiger partial charge in [0.1, 0.15) is 23.1 Å². The number of rotatable bonds is 6. The lowest BCUT2D eigenvalue weighted by atomic mass is 10.1. The van der Waals surface area contributed by atoms with Crippen molar-refractivity contribution in [2.24, 2.45) is 0 Å². The molecule has 118 valence electrons. The van der Waals surface area contributed by atoms with Crippen molar-refractivity contribution in [3.8, 4) is 5.75 Å². The van der Waals surface area contributed by atoms with Crippen LogP contribution in [0.3, 0.4) is 0 Å². The zero-order valence-corrected chi connectivity index (χ0v) is 14.3. The van der Waals surface area contributed by atoms with Gasteiger partial charge in [-0.25, -0.2) is 4.98 Å². The molecule has 0 fully saturated rings. The van der Waals surface area contributed by atoms with Gasteiger partial charge in [-0.2, -0.15) is 0 Å². The Kier molecular flexibility index (Phi) is 5.55. The smallest absolute Gasteiger partial charge is 0.270 e. The Bertz CT molecular complexity index is 652. The average Bonchev–Trinajstić information content (AvgIpc) is 2.95. The molecule has 0 unspecified atom stereocenters. The van der Waals surface area contributed by atoms with E-state index in [0.29, 0.717) is 12.3 Å². The van der Waals surface area contributed by atoms with Crippen LogP contribution in [0.15, 0.2) is 23.6 Å². The van der Waals surface area contributed by atoms with Gasteiger partial charge in [-0.15, -0.1) is 11.3 Å². The third kappa shape index (κ3) is 4.31. The van der Waals surface area contributed by atoms with Crippen molar-refractivity contribution >= 4 is 17.2 Å². The first kappa shape index (κ1) is 16.5. The second-order valence-electron chi connectivity index (χ2n) is 5.47. The van der Waals surface area contributed by atoms with Gasteiger partial charge in [0.2, 0.25) is 0 Å². The fourth-order valence-electron chi connectivity index (χ4n) is 1.98. The van der Waals surface area contributed by atoms with Gasteiger partial charge in [-0.3, -0.25) is 4.79 Å². The number of nitrogens with one attached hydrogen (secondary N) is 1. The lowest BCUT2D eigenvalue weighted by Crippen LogP contribution is -2.32. The van der Waals surface area contributed by atoms with Crippen LogP contribution in [0.5, 0.6) is 5.75 Å². The van der Waals surface area contributed by atoms with Crippen molar-refractivity contribution in [2.75, 3.05) is 0 Å². The van der Waals surface area contributed by atoms with E-state index in [1.54, 1.807) is 5.38 Å². The highest BCUT2D eigenvalue weighted by Gasteiger charge is 2.13. The summed E-state index contributed by atoms with van der Waals surface area (Å²) in [5, 5.41) is 5.49. The number of thiazole rings is 1. The van der Waals surface area contributed by atoms with Crippen LogP contribution in [0, 0.1) is 13.8 Å². The Hall–Kier alpha value is -1.88. The number of carbonyl (C=O) groups is 1. The summed E-state index contributed by atoms with van der Waals surface area (Å²) in [6.45, 7) is 8.48. The number of carbonyl (C=O) groups excluding carboxylic acids is 1. The molecule has 0 saturated carbocycles. The van der Waals surface area contributed by atoms with Crippen LogP contribution < -0.4 is 10.1 Å². The molecule has 22 heavy (non-hydrogen) atoms. The second kappa shape index (κ2) is 7.40. The Morgan fingerprint density at radius 3 is 2.86 bits per heavy atom. The van der Waals surface area contributed by atoms with Gasteiger partial charge in [0, 0.05) is 11.4 Å². The molecule has 0 radical (unpaired) electrons. The molecule has 1 N–H and O–H groups in total. The summed E-state index contributed by atoms with van der Waals surface area (Å²) in [6, 6.07) is 6.23. The monoisotopic (exact) mass is 318 g/mol. The normalized spacial score (nSPS) is 12.0. The van der Waals surface area contributed by atoms with Crippen molar-refractivity contribution in [1.29, 1.82) is 0 Å². The second-order valence-corrected chi connectivity index (χ2v) is 6.41. The van der Waals surface area contributed by atoms with E-state index < -0.39 is 0 Å². The fourth-order valence-corrected chi connectivity index (χ4v) is 2.67. The average molecular weight is 318 g/mol. The van der Waals surface area contributed by atoms with Crippen LogP contribution in [-0.4, -0.2) is 16.9 Å². The Morgan fingerprint density at radius 2 is 2.18 bits per heavy atom. The Morgan fingerprint density at radius 1 is 1.41 bits per heavy atom. The maximum atomic E-state index is 12.0. The number of amides is 1. The van der Waals surface area contributed by atoms with E-state index in [-0.39, 0.29) is 11.9 Å². The van der Waals surface area contributed by atoms with E-state index >= 15 is 0 Å². The summed E-state index contributed by atoms with van der Waals surface area (Å²) in [5.41, 5.74) is 2.78. The van der Waals surface area contributed by atoms with E-state index in [9.17, 15) is 4.79 Å². The molecule has 1 aromatic heterocycles. The number of benzene rings is 1. The minimum Gasteiger partial charge on any atom is -0.486 e. The Balaban J connectivity index is 1.96. The zero-order valence-electron chi connectivity index (χ0n) is 13.5. The van der Waals surface area contributed by atoms with Crippen molar-refractivity contribution in [2.45, 2.75) is 46.8 Å². The van der Waals surface area contributed by atoms with Gasteiger partial charge >= 0.3 is 0 Å². The molecular weight excluding hydrogens is 296 g/mol. The lowest BCUT2D eigenvalue weighted by Gasteiger charge is -2.09. The first-order valence-electron chi connectivity index (χ1n) is 7.45. The minimum atomic E-state index is -0.122. The molecule has 5 heteroatoms. The minimum absolute atomic E-state index is 0.122. The maximum Gasteiger partial charge on any atom is 0.270 e. The van der Waals surface area contributed by atoms with E-state index in [0.717, 1.165) is 22.7 Å². The molecular formula is C17H22N2O2S. The summed E-state index contributed by atoms with van der Waals surface area (Å²) in [5.74, 6) is 0.731. The van der Waals surface area contributed by atoms with Gasteiger partial charge in [0.25, 0.3) is 5.91 Å². The van der Waals surface area contributed by atoms with Crippen LogP contribution in [0.1, 0.15) is 46.9 Å². The number of aromatic nitrogens is 1. The molecule has 1 heterocycles. The van der Waals surface area contributed by atoms with Gasteiger partial charge in [0.15, 0.2) is 0 Å². The number of aryl methyl sites for hydroxylation is 2. The molecule has 0 aliphatic rings. The molecule has 1 atom stereocenters. The van der Waals surface area contributed by atoms with E-state index in [1.807, 2.05) is 32.9 Å². The topological polar surface area (TPSA) is 51.2 Å². The molecule has 0 aliphatic carbocycles. The van der Waals surface area contributed by atoms with E-state index in [2.05, 4.69) is 23.3 Å². The predicted molar refractivity (Wildman–Crippen MR) is 89.6 cm³/mol. The molecule has 1 aromatic carbocycles. The summed E-state index contributed by atoms with van der Waals surface area (Å²) in [4.78, 5) is 16.3. The lowest BCUT2D eigenvalue weighted by molar-refractivity contribution is 0.0934. The van der Waals surface area contributed by atoms with Crippen LogP contribution in [0.4, 0.5) is 0 Å². The summed E-state index contributed by atoms with van der Waals surface area (Å²) >= 11 is 1.44. The zero-order chi connectivity index (χ0) is 16.1. The van der Waals surface area contributed by atoms with E-state index in [4.69, 9.17) is 4.74 Å². The summed E-state index contributed by atoms with van der Waals surface area (Å²) in [7, 11) is 0. The standard InChI is InChI=1S/C17H22N2O2S/c1-5-13(4)18-17(20)14-10-22-16(19-14)9-21-15-7-6-11(2)8-12(15)3/h6-8,10,13H,5,9H2,1-4H3,(H,18,20)/t13-/m1/s1. The molecule has 1 amide bonds. The van der Waals surface area contributed by atoms with Gasteiger partial charge in [0.05, 0.1) is 0 Å². The van der Waals surface area contributed by atoms with Gasteiger partial charge in [-0.05, 0) is 38.8 Å². The maximum absolute atomic E-state index is 12.0. The van der Waals surface area contributed by atoms with Crippen molar-refractivity contribution in [3.63, 3.8) is 0 Å². The van der Waals surface area contributed by atoms with Crippen molar-refractivity contribution < 1.29 is 9.53 Å². The largest absolute Gasteiger partial charge is 0.486 e. The number of nitrogens with zero attached hydrogens (tertiary/aromatic N) is 1. The quantitative estimate of drug-likeness (QED) is 0.879. The molecule has 0 saturated heterocycles. The summed E-state index contributed by atoms with van der Waals surface area (Å²) in [6.07, 6.45) is 0.901. The first-order valence-corrected chi connectivity index (χ1v) is 8.33. The number of hydrogen-bond acceptors (Lipinski definition) is 4. The highest BCUT2D eigenvalue weighted by atomic mass is 32.1. The van der Waals surface area contributed by atoms with Crippen LogP contribution >= 0.6 is 11.3 Å². The van der Waals surface area contributed by atoms with Gasteiger partial charge in [-0.1, -0.05) is 24.6 Å². The molecule has 2 aromatic rings. The number of hydrogen-bond donors (Lipinski definition) is 1. The van der Waals surface area contributed by atoms with Crippen LogP contribution in [0.25, 0.3) is 0 Å². The third-order valence-corrected chi connectivity index (χ3v) is 4.28. The molecule has 0 aliphatic heterocycles. The SMILES string of the molecule is CC[C@@H](C)NC(=O)c1csc(COc2ccc(C)cc2C)n1. The number of ether oxygens (including phenoxy) is 1. The van der Waals surface area contributed by atoms with Crippen molar-refractivity contribution in [1.82, 2.24) is 10.3 Å². The fraction of sp³-hybridized carbons (Fsp3) is 0.412. The molecule has 2 rings (SSSR count). The van der Waals surface area contributed by atoms with E-state index in [1.165, 1.54) is 16.9 Å². The highest BCUT2D eigenvalue weighted by Crippen LogP contribution is 2.21. The van der Waals surface area contributed by atoms with Gasteiger partial charge < -0.3 is 10.1 Å². The molecule has 0 spiro atoms. The summed E-state index contributed by atoms with van der Waals surface area (Å²) < 4.78 is 5.79. The van der Waals surface area contributed by atoms with Crippen LogP contribution in [0.2, 0.25) is 0 Å². The third-order valence-electron chi connectivity index (χ3n) is 3.46. The van der Waals surface area contributed by atoms with Crippen molar-refractivity contribution in [3.05, 3.63) is 45.4 Å². The molecule has 4 nitrogen and oxygen atoms in total. The first-order chi connectivity index (χ1) is 10.5.